The van der Waals surface area contributed by atoms with Gasteiger partial charge in [-0.2, -0.15) is 4.68 Å². The normalized spacial score (nSPS) is 21.4. The zero-order valence-electron chi connectivity index (χ0n) is 14.9. The highest BCUT2D eigenvalue weighted by Gasteiger charge is 2.30. The van der Waals surface area contributed by atoms with Crippen LogP contribution in [-0.2, 0) is 0 Å². The average Bonchev–Trinajstić information content (AvgIpc) is 3.36. The zero-order chi connectivity index (χ0) is 17.8. The van der Waals surface area contributed by atoms with Crippen LogP contribution in [0.1, 0.15) is 10.9 Å². The molecule has 7 nitrogen and oxygen atoms in total. The van der Waals surface area contributed by atoms with Crippen molar-refractivity contribution in [1.29, 1.82) is 0 Å². The van der Waals surface area contributed by atoms with E-state index >= 15 is 0 Å². The van der Waals surface area contributed by atoms with Crippen LogP contribution in [0, 0.1) is 0 Å². The molecule has 0 amide bonds. The van der Waals surface area contributed by atoms with E-state index in [1.54, 1.807) is 14.5 Å². The van der Waals surface area contributed by atoms with E-state index in [-0.39, 0.29) is 0 Å². The highest BCUT2D eigenvalue weighted by Crippen LogP contribution is 2.18. The lowest BCUT2D eigenvalue weighted by Crippen LogP contribution is -3.27. The first-order chi connectivity index (χ1) is 12.8. The van der Waals surface area contributed by atoms with Crippen molar-refractivity contribution in [1.82, 2.24) is 20.2 Å². The van der Waals surface area contributed by atoms with Gasteiger partial charge in [0, 0.05) is 0 Å². The number of aromatic nitrogens is 4. The summed E-state index contributed by atoms with van der Waals surface area (Å²) in [5.41, 5.74) is 0.961. The standard InChI is InChI=1S/C18H23N7S/c1-23-9-11-24(12-10-23)16(17-8-5-13-26-17)14-19-18-20-21-22-25(18)15-6-3-2-4-7-15/h2-8,13,16H,9-12,14H2,1H3,(H,19,20,22)/p+2/t16-/m1/s1. The van der Waals surface area contributed by atoms with Gasteiger partial charge < -0.3 is 15.1 Å². The van der Waals surface area contributed by atoms with Crippen LogP contribution >= 0.6 is 11.3 Å². The molecule has 3 heterocycles. The number of quaternary nitrogens is 2. The molecule has 1 aliphatic heterocycles. The van der Waals surface area contributed by atoms with Crippen LogP contribution < -0.4 is 15.1 Å². The molecule has 0 aliphatic carbocycles. The third-order valence-electron chi connectivity index (χ3n) is 5.06. The van der Waals surface area contributed by atoms with Crippen molar-refractivity contribution in [3.63, 3.8) is 0 Å². The van der Waals surface area contributed by atoms with Crippen LogP contribution in [0.4, 0.5) is 5.95 Å². The first-order valence-corrected chi connectivity index (χ1v) is 9.96. The van der Waals surface area contributed by atoms with Gasteiger partial charge in [-0.05, 0) is 34.0 Å². The van der Waals surface area contributed by atoms with Crippen molar-refractivity contribution in [2.75, 3.05) is 45.1 Å². The van der Waals surface area contributed by atoms with Crippen molar-refractivity contribution >= 4 is 17.3 Å². The molecule has 8 heteroatoms. The molecule has 0 unspecified atom stereocenters. The number of hydrogen-bond acceptors (Lipinski definition) is 5. The fourth-order valence-corrected chi connectivity index (χ4v) is 4.40. The average molecular weight is 372 g/mol. The summed E-state index contributed by atoms with van der Waals surface area (Å²) < 4.78 is 1.76. The molecular formula is C18H25N7S+2. The fraction of sp³-hybridized carbons (Fsp3) is 0.389. The lowest BCUT2D eigenvalue weighted by atomic mass is 10.1. The quantitative estimate of drug-likeness (QED) is 0.536. The summed E-state index contributed by atoms with van der Waals surface area (Å²) in [6, 6.07) is 14.8. The van der Waals surface area contributed by atoms with Gasteiger partial charge in [-0.3, -0.25) is 0 Å². The summed E-state index contributed by atoms with van der Waals surface area (Å²) >= 11 is 1.84. The number of anilines is 1. The van der Waals surface area contributed by atoms with Crippen molar-refractivity contribution in [3.05, 3.63) is 52.7 Å². The Morgan fingerprint density at radius 1 is 1.12 bits per heavy atom. The van der Waals surface area contributed by atoms with Gasteiger partial charge in [0.1, 0.15) is 32.2 Å². The Kier molecular flexibility index (Phi) is 5.24. The monoisotopic (exact) mass is 371 g/mol. The number of tetrazole rings is 1. The highest BCUT2D eigenvalue weighted by molar-refractivity contribution is 7.10. The predicted molar refractivity (Wildman–Crippen MR) is 102 cm³/mol. The largest absolute Gasteiger partial charge is 0.346 e. The number of piperazine rings is 1. The van der Waals surface area contributed by atoms with Gasteiger partial charge >= 0.3 is 0 Å². The Balaban J connectivity index is 1.50. The number of rotatable bonds is 6. The van der Waals surface area contributed by atoms with Crippen molar-refractivity contribution < 1.29 is 9.80 Å². The Labute approximate surface area is 157 Å². The first kappa shape index (κ1) is 17.1. The van der Waals surface area contributed by atoms with Crippen molar-refractivity contribution in [3.8, 4) is 5.69 Å². The molecule has 1 aromatic carbocycles. The maximum absolute atomic E-state index is 4.18. The van der Waals surface area contributed by atoms with Crippen molar-refractivity contribution in [2.45, 2.75) is 6.04 Å². The molecule has 3 aromatic rings. The summed E-state index contributed by atoms with van der Waals surface area (Å²) in [7, 11) is 2.28. The molecular weight excluding hydrogens is 346 g/mol. The van der Waals surface area contributed by atoms with Gasteiger partial charge in [0.05, 0.1) is 24.2 Å². The second-order valence-corrected chi connectivity index (χ2v) is 7.79. The lowest BCUT2D eigenvalue weighted by Gasteiger charge is -2.33. The van der Waals surface area contributed by atoms with E-state index in [0.29, 0.717) is 12.0 Å². The van der Waals surface area contributed by atoms with Gasteiger partial charge in [0.25, 0.3) is 0 Å². The number of para-hydroxylation sites is 1. The second kappa shape index (κ2) is 7.94. The van der Waals surface area contributed by atoms with Crippen LogP contribution in [0.15, 0.2) is 47.8 Å². The van der Waals surface area contributed by atoms with E-state index in [4.69, 9.17) is 0 Å². The molecule has 136 valence electrons. The molecule has 3 N–H and O–H groups in total. The molecule has 1 fully saturated rings. The van der Waals surface area contributed by atoms with Crippen LogP contribution in [0.3, 0.4) is 0 Å². The van der Waals surface area contributed by atoms with Crippen molar-refractivity contribution in [2.24, 2.45) is 0 Å². The SMILES string of the molecule is C[NH+]1CC[NH+]([C@H](CNc2nnnn2-c2ccccc2)c2cccs2)CC1. The first-order valence-electron chi connectivity index (χ1n) is 9.08. The number of nitrogens with one attached hydrogen (secondary N) is 3. The maximum atomic E-state index is 4.18. The van der Waals surface area contributed by atoms with Crippen LogP contribution in [0.5, 0.6) is 0 Å². The zero-order valence-corrected chi connectivity index (χ0v) is 15.7. The van der Waals surface area contributed by atoms with Gasteiger partial charge in [-0.25, -0.2) is 0 Å². The molecule has 0 bridgehead atoms. The minimum Gasteiger partial charge on any atom is -0.346 e. The Hall–Kier alpha value is -2.29. The molecule has 4 rings (SSSR count). The molecule has 26 heavy (non-hydrogen) atoms. The van der Waals surface area contributed by atoms with E-state index in [1.165, 1.54) is 31.1 Å². The van der Waals surface area contributed by atoms with E-state index in [2.05, 4.69) is 45.4 Å². The van der Waals surface area contributed by atoms with Crippen LogP contribution in [0.25, 0.3) is 5.69 Å². The maximum Gasteiger partial charge on any atom is 0.247 e. The summed E-state index contributed by atoms with van der Waals surface area (Å²) in [6.07, 6.45) is 0. The lowest BCUT2D eigenvalue weighted by molar-refractivity contribution is -1.02. The summed E-state index contributed by atoms with van der Waals surface area (Å²) in [5, 5.41) is 17.8. The smallest absolute Gasteiger partial charge is 0.247 e. The summed E-state index contributed by atoms with van der Waals surface area (Å²) in [6.45, 7) is 5.65. The van der Waals surface area contributed by atoms with E-state index in [1.807, 2.05) is 41.7 Å². The van der Waals surface area contributed by atoms with E-state index in [9.17, 15) is 0 Å². The minimum atomic E-state index is 0.420. The third kappa shape index (κ3) is 3.77. The minimum absolute atomic E-state index is 0.420. The number of thiophene rings is 1. The molecule has 0 spiro atoms. The van der Waals surface area contributed by atoms with Gasteiger partial charge in [0.2, 0.25) is 5.95 Å². The van der Waals surface area contributed by atoms with Gasteiger partial charge in [0.15, 0.2) is 0 Å². The van der Waals surface area contributed by atoms with E-state index < -0.39 is 0 Å². The molecule has 1 atom stereocenters. The Bertz CT molecular complexity index is 794. The van der Waals surface area contributed by atoms with Crippen LogP contribution in [-0.4, -0.2) is 60.0 Å². The molecule has 1 saturated heterocycles. The fourth-order valence-electron chi connectivity index (χ4n) is 3.52. The highest BCUT2D eigenvalue weighted by atomic mass is 32.1. The van der Waals surface area contributed by atoms with Crippen LogP contribution in [0.2, 0.25) is 0 Å². The van der Waals surface area contributed by atoms with E-state index in [0.717, 1.165) is 12.2 Å². The summed E-state index contributed by atoms with van der Waals surface area (Å²) in [5.74, 6) is 0.692. The topological polar surface area (TPSA) is 64.5 Å². The molecule has 1 aliphatic rings. The Morgan fingerprint density at radius 3 is 2.65 bits per heavy atom. The Morgan fingerprint density at radius 2 is 1.92 bits per heavy atom. The van der Waals surface area contributed by atoms with Gasteiger partial charge in [-0.15, -0.1) is 11.3 Å². The van der Waals surface area contributed by atoms with Gasteiger partial charge in [-0.1, -0.05) is 29.4 Å². The number of likely N-dealkylation sites (N-methyl/N-ethyl adjacent to an activating group) is 1. The second-order valence-electron chi connectivity index (χ2n) is 6.81. The number of hydrogen-bond donors (Lipinski definition) is 3. The number of benzene rings is 1. The molecule has 0 saturated carbocycles. The molecule has 0 radical (unpaired) electrons. The number of nitrogens with zero attached hydrogens (tertiary/aromatic N) is 4. The molecule has 2 aromatic heterocycles. The third-order valence-corrected chi connectivity index (χ3v) is 6.05. The predicted octanol–water partition coefficient (Wildman–Crippen LogP) is -0.710. The summed E-state index contributed by atoms with van der Waals surface area (Å²) in [4.78, 5) is 4.69.